The van der Waals surface area contributed by atoms with Crippen LogP contribution >= 0.6 is 23.2 Å². The van der Waals surface area contributed by atoms with Gasteiger partial charge >= 0.3 is 0 Å². The van der Waals surface area contributed by atoms with Crippen LogP contribution in [0.15, 0.2) is 30.6 Å². The summed E-state index contributed by atoms with van der Waals surface area (Å²) in [6, 6.07) is 7.49. The smallest absolute Gasteiger partial charge is 0.233 e. The van der Waals surface area contributed by atoms with Crippen molar-refractivity contribution < 1.29 is 9.53 Å². The summed E-state index contributed by atoms with van der Waals surface area (Å²) in [6.45, 7) is 0.493. The lowest BCUT2D eigenvalue weighted by molar-refractivity contribution is -0.118. The van der Waals surface area contributed by atoms with E-state index >= 15 is 0 Å². The molecule has 0 saturated heterocycles. The van der Waals surface area contributed by atoms with Gasteiger partial charge in [0.05, 0.1) is 12.5 Å². The molecule has 0 fully saturated rings. The molecule has 1 amide bonds. The summed E-state index contributed by atoms with van der Waals surface area (Å²) >= 11 is 11.8. The lowest BCUT2D eigenvalue weighted by Crippen LogP contribution is -2.27. The number of aromatic nitrogens is 2. The van der Waals surface area contributed by atoms with Crippen molar-refractivity contribution in [1.82, 2.24) is 9.97 Å². The summed E-state index contributed by atoms with van der Waals surface area (Å²) in [5.74, 6) is 0.448. The quantitative estimate of drug-likeness (QED) is 0.861. The molecule has 108 valence electrons. The number of fused-ring (bicyclic) bond motifs is 1. The molecular weight excluding hydrogens is 313 g/mol. The maximum Gasteiger partial charge on any atom is 0.233 e. The van der Waals surface area contributed by atoms with Gasteiger partial charge in [0.1, 0.15) is 17.1 Å². The molecule has 21 heavy (non-hydrogen) atoms. The molecule has 1 unspecified atom stereocenters. The van der Waals surface area contributed by atoms with Crippen molar-refractivity contribution in [2.75, 3.05) is 11.9 Å². The third kappa shape index (κ3) is 2.80. The van der Waals surface area contributed by atoms with E-state index in [1.807, 2.05) is 24.3 Å². The highest BCUT2D eigenvalue weighted by Gasteiger charge is 2.28. The van der Waals surface area contributed by atoms with Gasteiger partial charge in [0.2, 0.25) is 5.91 Å². The molecule has 0 bridgehead atoms. The van der Waals surface area contributed by atoms with Crippen molar-refractivity contribution in [3.63, 3.8) is 0 Å². The maximum absolute atomic E-state index is 12.5. The Morgan fingerprint density at radius 2 is 2.10 bits per heavy atom. The largest absolute Gasteiger partial charge is 0.493 e. The van der Waals surface area contributed by atoms with Gasteiger partial charge in [-0.3, -0.25) is 4.79 Å². The predicted molar refractivity (Wildman–Crippen MR) is 80.0 cm³/mol. The standard InChI is InChI=1S/C14H11Cl2N3O2/c15-11-12(16)17-7-18-13(11)19-14(20)9-5-6-21-10-4-2-1-3-8(9)10/h1-4,7,9H,5-6H2,(H,17,18,19,20). The normalized spacial score (nSPS) is 16.8. The molecule has 1 aliphatic heterocycles. The van der Waals surface area contributed by atoms with Crippen LogP contribution in [-0.2, 0) is 4.79 Å². The predicted octanol–water partition coefficient (Wildman–Crippen LogP) is 3.29. The van der Waals surface area contributed by atoms with E-state index < -0.39 is 0 Å². The van der Waals surface area contributed by atoms with Gasteiger partial charge in [-0.05, 0) is 12.5 Å². The molecule has 1 aliphatic rings. The SMILES string of the molecule is O=C(Nc1ncnc(Cl)c1Cl)C1CCOc2ccccc21. The van der Waals surface area contributed by atoms with Gasteiger partial charge in [-0.1, -0.05) is 41.4 Å². The van der Waals surface area contributed by atoms with E-state index in [0.717, 1.165) is 11.3 Å². The number of nitrogens with zero attached hydrogens (tertiary/aromatic N) is 2. The number of rotatable bonds is 2. The Labute approximate surface area is 131 Å². The third-order valence-corrected chi connectivity index (χ3v) is 4.00. The van der Waals surface area contributed by atoms with Crippen LogP contribution < -0.4 is 10.1 Å². The zero-order valence-electron chi connectivity index (χ0n) is 10.8. The van der Waals surface area contributed by atoms with Crippen LogP contribution in [0.5, 0.6) is 5.75 Å². The lowest BCUT2D eigenvalue weighted by atomic mass is 9.92. The molecule has 5 nitrogen and oxygen atoms in total. The van der Waals surface area contributed by atoms with Crippen molar-refractivity contribution in [3.05, 3.63) is 46.3 Å². The summed E-state index contributed by atoms with van der Waals surface area (Å²) in [4.78, 5) is 20.2. The molecule has 2 aromatic rings. The number of anilines is 1. The molecule has 0 spiro atoms. The van der Waals surface area contributed by atoms with Gasteiger partial charge in [-0.2, -0.15) is 0 Å². The summed E-state index contributed by atoms with van der Waals surface area (Å²) < 4.78 is 5.54. The van der Waals surface area contributed by atoms with E-state index in [2.05, 4.69) is 15.3 Å². The molecule has 0 radical (unpaired) electrons. The van der Waals surface area contributed by atoms with Gasteiger partial charge in [-0.15, -0.1) is 0 Å². The van der Waals surface area contributed by atoms with Gasteiger partial charge < -0.3 is 10.1 Å². The van der Waals surface area contributed by atoms with Crippen LogP contribution in [0.25, 0.3) is 0 Å². The first-order valence-electron chi connectivity index (χ1n) is 6.35. The average Bonchev–Trinajstić information content (AvgIpc) is 2.51. The second-order valence-electron chi connectivity index (χ2n) is 4.54. The lowest BCUT2D eigenvalue weighted by Gasteiger charge is -2.25. The van der Waals surface area contributed by atoms with Gasteiger partial charge in [0.15, 0.2) is 11.0 Å². The third-order valence-electron chi connectivity index (χ3n) is 3.26. The second kappa shape index (κ2) is 5.87. The van der Waals surface area contributed by atoms with Crippen LogP contribution in [0.3, 0.4) is 0 Å². The van der Waals surface area contributed by atoms with Gasteiger partial charge in [0, 0.05) is 5.56 Å². The number of hydrogen-bond donors (Lipinski definition) is 1. The summed E-state index contributed by atoms with van der Waals surface area (Å²) in [5.41, 5.74) is 0.859. The second-order valence-corrected chi connectivity index (χ2v) is 5.28. The zero-order chi connectivity index (χ0) is 14.8. The molecule has 0 saturated carbocycles. The minimum atomic E-state index is -0.306. The number of nitrogens with one attached hydrogen (secondary N) is 1. The Kier molecular flexibility index (Phi) is 3.94. The first-order valence-corrected chi connectivity index (χ1v) is 7.11. The van der Waals surface area contributed by atoms with Crippen LogP contribution in [-0.4, -0.2) is 22.5 Å². The van der Waals surface area contributed by atoms with Crippen molar-refractivity contribution in [2.45, 2.75) is 12.3 Å². The van der Waals surface area contributed by atoms with Crippen molar-refractivity contribution in [3.8, 4) is 5.75 Å². The van der Waals surface area contributed by atoms with E-state index in [-0.39, 0.29) is 27.8 Å². The fourth-order valence-electron chi connectivity index (χ4n) is 2.25. The Morgan fingerprint density at radius 3 is 2.95 bits per heavy atom. The number of para-hydroxylation sites is 1. The molecule has 1 N–H and O–H groups in total. The molecular formula is C14H11Cl2N3O2. The highest BCUT2D eigenvalue weighted by Crippen LogP contribution is 2.34. The van der Waals surface area contributed by atoms with Crippen LogP contribution in [0.4, 0.5) is 5.82 Å². The number of hydrogen-bond acceptors (Lipinski definition) is 4. The van der Waals surface area contributed by atoms with E-state index in [1.165, 1.54) is 6.33 Å². The van der Waals surface area contributed by atoms with E-state index in [9.17, 15) is 4.79 Å². The minimum absolute atomic E-state index is 0.106. The monoisotopic (exact) mass is 323 g/mol. The number of carbonyl (C=O) groups is 1. The van der Waals surface area contributed by atoms with Crippen LogP contribution in [0.2, 0.25) is 10.2 Å². The maximum atomic E-state index is 12.5. The first-order chi connectivity index (χ1) is 10.2. The molecule has 1 aromatic heterocycles. The van der Waals surface area contributed by atoms with E-state index in [0.29, 0.717) is 13.0 Å². The Morgan fingerprint density at radius 1 is 1.29 bits per heavy atom. The van der Waals surface area contributed by atoms with Gasteiger partial charge in [-0.25, -0.2) is 9.97 Å². The first kappa shape index (κ1) is 14.1. The summed E-state index contributed by atoms with van der Waals surface area (Å²) in [7, 11) is 0. The Bertz CT molecular complexity index is 694. The number of benzene rings is 1. The molecule has 2 heterocycles. The molecule has 0 aliphatic carbocycles. The highest BCUT2D eigenvalue weighted by atomic mass is 35.5. The fourth-order valence-corrected chi connectivity index (χ4v) is 2.53. The molecule has 7 heteroatoms. The highest BCUT2D eigenvalue weighted by molar-refractivity contribution is 6.42. The fraction of sp³-hybridized carbons (Fsp3) is 0.214. The van der Waals surface area contributed by atoms with Crippen LogP contribution in [0, 0.1) is 0 Å². The van der Waals surface area contributed by atoms with Crippen molar-refractivity contribution >= 4 is 34.9 Å². The number of ether oxygens (including phenoxy) is 1. The van der Waals surface area contributed by atoms with Crippen molar-refractivity contribution in [2.24, 2.45) is 0 Å². The van der Waals surface area contributed by atoms with Crippen molar-refractivity contribution in [1.29, 1.82) is 0 Å². The number of amides is 1. The topological polar surface area (TPSA) is 64.1 Å². The minimum Gasteiger partial charge on any atom is -0.493 e. The van der Waals surface area contributed by atoms with Gasteiger partial charge in [0.25, 0.3) is 0 Å². The zero-order valence-corrected chi connectivity index (χ0v) is 12.4. The Hall–Kier alpha value is -1.85. The molecule has 1 atom stereocenters. The van der Waals surface area contributed by atoms with E-state index in [1.54, 1.807) is 0 Å². The molecule has 3 rings (SSSR count). The molecule has 1 aromatic carbocycles. The van der Waals surface area contributed by atoms with E-state index in [4.69, 9.17) is 27.9 Å². The van der Waals surface area contributed by atoms with Crippen LogP contribution in [0.1, 0.15) is 17.9 Å². The average molecular weight is 324 g/mol. The summed E-state index contributed by atoms with van der Waals surface area (Å²) in [5, 5.41) is 2.94. The summed E-state index contributed by atoms with van der Waals surface area (Å²) in [6.07, 6.45) is 1.85. The Balaban J connectivity index is 1.85. The number of halogens is 2. The number of carbonyl (C=O) groups excluding carboxylic acids is 1.